The lowest BCUT2D eigenvalue weighted by molar-refractivity contribution is -0.137. The number of benzene rings is 1. The largest absolute Gasteiger partial charge is 0.420 e. The molecule has 0 amide bonds. The van der Waals surface area contributed by atoms with Gasteiger partial charge in [0.25, 0.3) is 0 Å². The van der Waals surface area contributed by atoms with Crippen molar-refractivity contribution in [2.24, 2.45) is 5.92 Å². The first-order valence-corrected chi connectivity index (χ1v) is 11.2. The van der Waals surface area contributed by atoms with E-state index in [1.165, 1.54) is 22.6 Å². The van der Waals surface area contributed by atoms with Crippen LogP contribution in [0.1, 0.15) is 36.2 Å². The lowest BCUT2D eigenvalue weighted by Gasteiger charge is -2.36. The number of piperazine rings is 1. The number of pyridine rings is 1. The average Bonchev–Trinajstić information content (AvgIpc) is 3.66. The van der Waals surface area contributed by atoms with Gasteiger partial charge in [0.15, 0.2) is 5.65 Å². The van der Waals surface area contributed by atoms with E-state index in [1.807, 2.05) is 9.80 Å². The molecule has 33 heavy (non-hydrogen) atoms. The van der Waals surface area contributed by atoms with Gasteiger partial charge in [0, 0.05) is 50.4 Å². The van der Waals surface area contributed by atoms with E-state index in [2.05, 4.69) is 10.2 Å². The number of rotatable bonds is 5. The maximum Gasteiger partial charge on any atom is 0.420 e. The van der Waals surface area contributed by atoms with Gasteiger partial charge in [-0.1, -0.05) is 0 Å². The first kappa shape index (κ1) is 20.8. The first-order valence-electron chi connectivity index (χ1n) is 11.2. The van der Waals surface area contributed by atoms with Gasteiger partial charge in [-0.2, -0.15) is 13.2 Å². The third-order valence-corrected chi connectivity index (χ3v) is 7.00. The molecule has 2 unspecified atom stereocenters. The molecule has 174 valence electrons. The summed E-state index contributed by atoms with van der Waals surface area (Å²) in [5.41, 5.74) is -0.362. The second-order valence-electron chi connectivity index (χ2n) is 9.30. The number of nitrogens with zero attached hydrogens (tertiary/aromatic N) is 5. The van der Waals surface area contributed by atoms with E-state index in [1.54, 1.807) is 6.20 Å². The summed E-state index contributed by atoms with van der Waals surface area (Å²) in [5.74, 6) is -0.194. The van der Waals surface area contributed by atoms with Crippen molar-refractivity contribution in [1.82, 2.24) is 19.5 Å². The molecular weight excluding hydrogens is 441 g/mol. The van der Waals surface area contributed by atoms with Gasteiger partial charge in [0.2, 0.25) is 0 Å². The van der Waals surface area contributed by atoms with Crippen molar-refractivity contribution in [2.75, 3.05) is 18.0 Å². The van der Waals surface area contributed by atoms with Crippen LogP contribution in [0.15, 0.2) is 30.5 Å². The van der Waals surface area contributed by atoms with Crippen molar-refractivity contribution in [1.29, 1.82) is 0 Å². The van der Waals surface area contributed by atoms with Crippen LogP contribution in [-0.4, -0.2) is 44.7 Å². The lowest BCUT2D eigenvalue weighted by atomic mass is 10.1. The molecule has 1 saturated heterocycles. The van der Waals surface area contributed by atoms with Crippen LogP contribution in [0.4, 0.5) is 27.6 Å². The minimum atomic E-state index is -4.55. The number of aromatic nitrogens is 3. The molecule has 5 nitrogen and oxygen atoms in total. The fourth-order valence-corrected chi connectivity index (χ4v) is 5.09. The van der Waals surface area contributed by atoms with E-state index in [0.717, 1.165) is 25.3 Å². The van der Waals surface area contributed by atoms with Crippen LogP contribution in [0, 0.1) is 17.6 Å². The van der Waals surface area contributed by atoms with Crippen LogP contribution in [0.3, 0.4) is 0 Å². The van der Waals surface area contributed by atoms with Crippen molar-refractivity contribution in [3.05, 3.63) is 59.0 Å². The molecule has 10 heteroatoms. The molecule has 0 N–H and O–H groups in total. The summed E-state index contributed by atoms with van der Waals surface area (Å²) in [6, 6.07) is 5.08. The monoisotopic (exact) mass is 463 g/mol. The van der Waals surface area contributed by atoms with Gasteiger partial charge in [-0.3, -0.25) is 9.30 Å². The van der Waals surface area contributed by atoms with Crippen molar-refractivity contribution in [3.63, 3.8) is 0 Å². The van der Waals surface area contributed by atoms with Gasteiger partial charge in [0.05, 0.1) is 5.69 Å². The Morgan fingerprint density at radius 3 is 2.55 bits per heavy atom. The SMILES string of the molecule is Fc1ccc(N2CCN(Cc3ccn4c(CC5CC5)nnc4c3C(F)(F)F)C3CC32)c(F)c1. The third-order valence-electron chi connectivity index (χ3n) is 7.00. The van der Waals surface area contributed by atoms with Crippen molar-refractivity contribution >= 4 is 11.3 Å². The Hall–Kier alpha value is -2.75. The van der Waals surface area contributed by atoms with Gasteiger partial charge in [0.1, 0.15) is 23.0 Å². The van der Waals surface area contributed by atoms with Crippen molar-refractivity contribution in [3.8, 4) is 0 Å². The number of hydrogen-bond donors (Lipinski definition) is 0. The zero-order valence-corrected chi connectivity index (χ0v) is 17.7. The smallest absolute Gasteiger partial charge is 0.363 e. The molecule has 3 heterocycles. The minimum Gasteiger partial charge on any atom is -0.363 e. The molecule has 6 rings (SSSR count). The third kappa shape index (κ3) is 3.74. The van der Waals surface area contributed by atoms with Crippen LogP contribution in [0.2, 0.25) is 0 Å². The number of anilines is 1. The molecule has 2 aromatic heterocycles. The van der Waals surface area contributed by atoms with Crippen LogP contribution < -0.4 is 4.90 Å². The van der Waals surface area contributed by atoms with E-state index >= 15 is 0 Å². The zero-order valence-electron chi connectivity index (χ0n) is 17.7. The van der Waals surface area contributed by atoms with E-state index < -0.39 is 23.4 Å². The van der Waals surface area contributed by atoms with E-state index in [4.69, 9.17) is 0 Å². The molecule has 3 aromatic rings. The quantitative estimate of drug-likeness (QED) is 0.525. The lowest BCUT2D eigenvalue weighted by Crippen LogP contribution is -2.46. The van der Waals surface area contributed by atoms with Crippen LogP contribution in [-0.2, 0) is 19.1 Å². The highest BCUT2D eigenvalue weighted by atomic mass is 19.4. The molecule has 0 radical (unpaired) electrons. The Bertz CT molecular complexity index is 1220. The van der Waals surface area contributed by atoms with Gasteiger partial charge >= 0.3 is 6.18 Å². The molecule has 3 aliphatic rings. The highest BCUT2D eigenvalue weighted by molar-refractivity contribution is 5.54. The second-order valence-corrected chi connectivity index (χ2v) is 9.30. The molecule has 2 atom stereocenters. The van der Waals surface area contributed by atoms with Crippen LogP contribution >= 0.6 is 0 Å². The zero-order chi connectivity index (χ0) is 22.9. The number of halogens is 5. The average molecular weight is 463 g/mol. The highest BCUT2D eigenvalue weighted by Crippen LogP contribution is 2.42. The predicted octanol–water partition coefficient (Wildman–Crippen LogP) is 4.44. The Labute approximate surface area is 186 Å². The maximum absolute atomic E-state index is 14.3. The molecule has 0 spiro atoms. The van der Waals surface area contributed by atoms with Crippen LogP contribution in [0.5, 0.6) is 0 Å². The van der Waals surface area contributed by atoms with Gasteiger partial charge in [-0.25, -0.2) is 8.78 Å². The van der Waals surface area contributed by atoms with E-state index in [0.29, 0.717) is 36.9 Å². The van der Waals surface area contributed by atoms with E-state index in [9.17, 15) is 22.0 Å². The molecule has 0 bridgehead atoms. The molecule has 1 aromatic carbocycles. The molecule has 3 fully saturated rings. The Morgan fingerprint density at radius 1 is 1.00 bits per heavy atom. The summed E-state index contributed by atoms with van der Waals surface area (Å²) in [5, 5.41) is 7.96. The first-order chi connectivity index (χ1) is 15.8. The molecule has 2 aliphatic carbocycles. The number of alkyl halides is 3. The summed E-state index contributed by atoms with van der Waals surface area (Å²) >= 11 is 0. The summed E-state index contributed by atoms with van der Waals surface area (Å²) in [4.78, 5) is 3.91. The maximum atomic E-state index is 14.3. The normalized spacial score (nSPS) is 23.2. The van der Waals surface area contributed by atoms with Gasteiger partial charge < -0.3 is 4.90 Å². The minimum absolute atomic E-state index is 0.00927. The second kappa shape index (κ2) is 7.38. The van der Waals surface area contributed by atoms with Gasteiger partial charge in [-0.15, -0.1) is 10.2 Å². The van der Waals surface area contributed by atoms with Gasteiger partial charge in [-0.05, 0) is 48.9 Å². The number of hydrogen-bond acceptors (Lipinski definition) is 4. The van der Waals surface area contributed by atoms with Crippen molar-refractivity contribution in [2.45, 2.75) is 50.5 Å². The number of fused-ring (bicyclic) bond motifs is 2. The molecule has 1 aliphatic heterocycles. The fourth-order valence-electron chi connectivity index (χ4n) is 5.09. The predicted molar refractivity (Wildman–Crippen MR) is 111 cm³/mol. The Morgan fingerprint density at radius 2 is 1.82 bits per heavy atom. The van der Waals surface area contributed by atoms with Crippen LogP contribution in [0.25, 0.3) is 5.65 Å². The highest BCUT2D eigenvalue weighted by Gasteiger charge is 2.50. The summed E-state index contributed by atoms with van der Waals surface area (Å²) in [6.45, 7) is 1.08. The summed E-state index contributed by atoms with van der Waals surface area (Å²) in [7, 11) is 0. The summed E-state index contributed by atoms with van der Waals surface area (Å²) < 4.78 is 71.3. The molecular formula is C23H22F5N5. The fraction of sp³-hybridized carbons (Fsp3) is 0.478. The Kier molecular flexibility index (Phi) is 4.66. The molecule has 2 saturated carbocycles. The summed E-state index contributed by atoms with van der Waals surface area (Å²) in [6.07, 6.45) is 0.626. The van der Waals surface area contributed by atoms with E-state index in [-0.39, 0.29) is 29.8 Å². The standard InChI is InChI=1S/C23H22F5N5/c24-15-3-4-17(16(25)10-15)32-8-7-31(18-11-19(18)32)12-14-5-6-33-20(9-13-1-2-13)29-30-22(33)21(14)23(26,27)28/h3-6,10,13,18-19H,1-2,7-9,11-12H2. The topological polar surface area (TPSA) is 36.7 Å². The van der Waals surface area contributed by atoms with Crippen molar-refractivity contribution < 1.29 is 22.0 Å². The Balaban J connectivity index is 1.26.